The fourth-order valence-corrected chi connectivity index (χ4v) is 2.64. The monoisotopic (exact) mass is 256 g/mol. The molecule has 0 saturated carbocycles. The van der Waals surface area contributed by atoms with Crippen molar-refractivity contribution < 1.29 is 9.53 Å². The molecule has 4 nitrogen and oxygen atoms in total. The maximum Gasteiger partial charge on any atom is 0.350 e. The summed E-state index contributed by atoms with van der Waals surface area (Å²) in [6.45, 7) is 6.25. The van der Waals surface area contributed by atoms with E-state index in [1.807, 2.05) is 6.92 Å². The number of hydrogen-bond donors (Lipinski definition) is 1. The SMILES string of the molecule is CCCC(N)c1nc(CC)c(C(=O)OCC)s1. The second-order valence-corrected chi connectivity index (χ2v) is 4.83. The minimum atomic E-state index is -0.281. The fraction of sp³-hybridized carbons (Fsp3) is 0.667. The molecule has 0 radical (unpaired) electrons. The summed E-state index contributed by atoms with van der Waals surface area (Å²) in [6.07, 6.45) is 2.62. The van der Waals surface area contributed by atoms with E-state index in [1.54, 1.807) is 6.92 Å². The van der Waals surface area contributed by atoms with E-state index in [1.165, 1.54) is 11.3 Å². The Labute approximate surface area is 106 Å². The Morgan fingerprint density at radius 1 is 1.47 bits per heavy atom. The smallest absolute Gasteiger partial charge is 0.350 e. The molecule has 0 aliphatic rings. The lowest BCUT2D eigenvalue weighted by atomic mass is 10.2. The number of carbonyl (C=O) groups is 1. The Bertz CT molecular complexity index is 377. The van der Waals surface area contributed by atoms with Crippen LogP contribution < -0.4 is 5.73 Å². The number of nitrogens with zero attached hydrogens (tertiary/aromatic N) is 1. The van der Waals surface area contributed by atoms with Gasteiger partial charge in [0.2, 0.25) is 0 Å². The molecule has 1 rings (SSSR count). The van der Waals surface area contributed by atoms with E-state index in [0.29, 0.717) is 11.5 Å². The van der Waals surface area contributed by atoms with Crippen molar-refractivity contribution in [3.63, 3.8) is 0 Å². The maximum atomic E-state index is 11.7. The number of ether oxygens (including phenoxy) is 1. The first kappa shape index (κ1) is 14.1. The second kappa shape index (κ2) is 6.71. The third-order valence-corrected chi connectivity index (χ3v) is 3.64. The Kier molecular flexibility index (Phi) is 5.58. The van der Waals surface area contributed by atoms with Crippen molar-refractivity contribution in [1.29, 1.82) is 0 Å². The molecule has 1 unspecified atom stereocenters. The Balaban J connectivity index is 2.93. The van der Waals surface area contributed by atoms with Crippen molar-refractivity contribution in [2.45, 2.75) is 46.1 Å². The number of aryl methyl sites for hydroxylation is 1. The molecule has 0 saturated heterocycles. The number of hydrogen-bond acceptors (Lipinski definition) is 5. The summed E-state index contributed by atoms with van der Waals surface area (Å²) < 4.78 is 5.01. The topological polar surface area (TPSA) is 65.2 Å². The Morgan fingerprint density at radius 3 is 2.71 bits per heavy atom. The molecule has 17 heavy (non-hydrogen) atoms. The summed E-state index contributed by atoms with van der Waals surface area (Å²) in [7, 11) is 0. The van der Waals surface area contributed by atoms with Crippen molar-refractivity contribution in [2.75, 3.05) is 6.61 Å². The first-order valence-electron chi connectivity index (χ1n) is 6.06. The van der Waals surface area contributed by atoms with E-state index in [0.717, 1.165) is 30.0 Å². The number of carbonyl (C=O) groups excluding carboxylic acids is 1. The summed E-state index contributed by atoms with van der Waals surface area (Å²) in [5.74, 6) is -0.281. The molecule has 0 aliphatic carbocycles. The lowest BCUT2D eigenvalue weighted by Crippen LogP contribution is -2.09. The van der Waals surface area contributed by atoms with E-state index >= 15 is 0 Å². The molecule has 2 N–H and O–H groups in total. The van der Waals surface area contributed by atoms with E-state index < -0.39 is 0 Å². The second-order valence-electron chi connectivity index (χ2n) is 3.80. The first-order chi connectivity index (χ1) is 8.13. The highest BCUT2D eigenvalue weighted by Gasteiger charge is 2.20. The molecule has 0 amide bonds. The molecule has 0 aliphatic heterocycles. The van der Waals surface area contributed by atoms with Crippen molar-refractivity contribution >= 4 is 17.3 Å². The van der Waals surface area contributed by atoms with E-state index in [2.05, 4.69) is 11.9 Å². The van der Waals surface area contributed by atoms with Crippen LogP contribution in [0.25, 0.3) is 0 Å². The van der Waals surface area contributed by atoms with Crippen LogP contribution >= 0.6 is 11.3 Å². The molecule has 5 heteroatoms. The summed E-state index contributed by atoms with van der Waals surface area (Å²) in [5, 5.41) is 0.840. The summed E-state index contributed by atoms with van der Waals surface area (Å²) >= 11 is 1.37. The molecule has 1 aromatic heterocycles. The average Bonchev–Trinajstić information content (AvgIpc) is 2.73. The van der Waals surface area contributed by atoms with Crippen molar-refractivity contribution in [3.05, 3.63) is 15.6 Å². The average molecular weight is 256 g/mol. The minimum absolute atomic E-state index is 0.0709. The van der Waals surface area contributed by atoms with Gasteiger partial charge in [0, 0.05) is 0 Å². The van der Waals surface area contributed by atoms with Gasteiger partial charge in [-0.3, -0.25) is 0 Å². The number of esters is 1. The zero-order chi connectivity index (χ0) is 12.8. The van der Waals surface area contributed by atoms with Gasteiger partial charge in [-0.2, -0.15) is 0 Å². The molecule has 0 spiro atoms. The summed E-state index contributed by atoms with van der Waals surface area (Å²) in [6, 6.07) is -0.0709. The van der Waals surface area contributed by atoms with Crippen molar-refractivity contribution in [2.24, 2.45) is 5.73 Å². The molecule has 0 bridgehead atoms. The predicted molar refractivity (Wildman–Crippen MR) is 69.3 cm³/mol. The van der Waals surface area contributed by atoms with Gasteiger partial charge in [-0.1, -0.05) is 20.3 Å². The van der Waals surface area contributed by atoms with Gasteiger partial charge in [0.05, 0.1) is 18.3 Å². The maximum absolute atomic E-state index is 11.7. The van der Waals surface area contributed by atoms with Gasteiger partial charge in [-0.15, -0.1) is 11.3 Å². The Morgan fingerprint density at radius 2 is 2.18 bits per heavy atom. The normalized spacial score (nSPS) is 12.5. The predicted octanol–water partition coefficient (Wildman–Crippen LogP) is 2.68. The van der Waals surface area contributed by atoms with Gasteiger partial charge in [0.25, 0.3) is 0 Å². The molecule has 0 aromatic carbocycles. The quantitative estimate of drug-likeness (QED) is 0.795. The van der Waals surface area contributed by atoms with E-state index in [-0.39, 0.29) is 12.0 Å². The molecule has 1 atom stereocenters. The van der Waals surface area contributed by atoms with E-state index in [9.17, 15) is 4.79 Å². The lowest BCUT2D eigenvalue weighted by molar-refractivity contribution is 0.0530. The van der Waals surface area contributed by atoms with Crippen LogP contribution in [-0.2, 0) is 11.2 Å². The fourth-order valence-electron chi connectivity index (χ4n) is 1.56. The van der Waals surface area contributed by atoms with Gasteiger partial charge >= 0.3 is 5.97 Å². The zero-order valence-electron chi connectivity index (χ0n) is 10.7. The van der Waals surface area contributed by atoms with Crippen molar-refractivity contribution in [3.8, 4) is 0 Å². The van der Waals surface area contributed by atoms with Crippen molar-refractivity contribution in [1.82, 2.24) is 4.98 Å². The highest BCUT2D eigenvalue weighted by Crippen LogP contribution is 2.26. The Hall–Kier alpha value is -0.940. The van der Waals surface area contributed by atoms with Crippen LogP contribution in [0.1, 0.15) is 60.0 Å². The van der Waals surface area contributed by atoms with E-state index in [4.69, 9.17) is 10.5 Å². The molecular weight excluding hydrogens is 236 g/mol. The van der Waals surface area contributed by atoms with Crippen LogP contribution in [0, 0.1) is 0 Å². The standard InChI is InChI=1S/C12H20N2O2S/c1-4-7-8(13)11-14-9(5-2)10(17-11)12(15)16-6-3/h8H,4-7,13H2,1-3H3. The summed E-state index contributed by atoms with van der Waals surface area (Å²) in [4.78, 5) is 16.8. The van der Waals surface area contributed by atoms with Crippen LogP contribution in [0.15, 0.2) is 0 Å². The van der Waals surface area contributed by atoms with Gasteiger partial charge in [0.1, 0.15) is 9.88 Å². The first-order valence-corrected chi connectivity index (χ1v) is 6.87. The number of rotatable bonds is 6. The zero-order valence-corrected chi connectivity index (χ0v) is 11.5. The molecule has 1 heterocycles. The number of nitrogens with two attached hydrogens (primary N) is 1. The third-order valence-electron chi connectivity index (χ3n) is 2.43. The summed E-state index contributed by atoms with van der Waals surface area (Å²) in [5.41, 5.74) is 6.81. The van der Waals surface area contributed by atoms with Crippen LogP contribution in [-0.4, -0.2) is 17.6 Å². The molecule has 1 aromatic rings. The van der Waals surface area contributed by atoms with Crippen LogP contribution in [0.2, 0.25) is 0 Å². The van der Waals surface area contributed by atoms with Crippen LogP contribution in [0.4, 0.5) is 0 Å². The van der Waals surface area contributed by atoms with Crippen LogP contribution in [0.5, 0.6) is 0 Å². The highest BCUT2D eigenvalue weighted by molar-refractivity contribution is 7.13. The van der Waals surface area contributed by atoms with Crippen LogP contribution in [0.3, 0.4) is 0 Å². The van der Waals surface area contributed by atoms with Gasteiger partial charge < -0.3 is 10.5 Å². The van der Waals surface area contributed by atoms with Gasteiger partial charge in [0.15, 0.2) is 0 Å². The number of thiazole rings is 1. The van der Waals surface area contributed by atoms with Gasteiger partial charge in [-0.05, 0) is 19.8 Å². The molecule has 0 fully saturated rings. The van der Waals surface area contributed by atoms with Gasteiger partial charge in [-0.25, -0.2) is 9.78 Å². The minimum Gasteiger partial charge on any atom is -0.462 e. The molecule has 96 valence electrons. The lowest BCUT2D eigenvalue weighted by Gasteiger charge is -2.04. The largest absolute Gasteiger partial charge is 0.462 e. The molecular formula is C12H20N2O2S. The third kappa shape index (κ3) is 3.51. The highest BCUT2D eigenvalue weighted by atomic mass is 32.1. The number of aromatic nitrogens is 1.